The Hall–Kier alpha value is -0.970. The number of rotatable bonds is 3. The van der Waals surface area contributed by atoms with Crippen LogP contribution in [0.3, 0.4) is 0 Å². The normalized spacial score (nSPS) is 13.3. The van der Waals surface area contributed by atoms with Gasteiger partial charge in [-0.1, -0.05) is 23.2 Å². The summed E-state index contributed by atoms with van der Waals surface area (Å²) in [5.74, 6) is 3.42. The first-order valence-electron chi connectivity index (χ1n) is 6.36. The second kappa shape index (κ2) is 5.80. The van der Waals surface area contributed by atoms with Crippen LogP contribution in [-0.4, -0.2) is 16.5 Å². The highest BCUT2D eigenvalue weighted by Gasteiger charge is 2.20. The Morgan fingerprint density at radius 3 is 2.90 bits per heavy atom. The largest absolute Gasteiger partial charge is 0.370 e. The third-order valence-corrected chi connectivity index (χ3v) is 4.63. The van der Waals surface area contributed by atoms with E-state index in [2.05, 4.69) is 22.2 Å². The van der Waals surface area contributed by atoms with Crippen LogP contribution in [0.1, 0.15) is 18.2 Å². The van der Waals surface area contributed by atoms with E-state index in [-0.39, 0.29) is 0 Å². The second-order valence-corrected chi connectivity index (χ2v) is 6.30. The van der Waals surface area contributed by atoms with Crippen LogP contribution in [0.2, 0.25) is 10.0 Å². The van der Waals surface area contributed by atoms with Crippen molar-refractivity contribution in [3.63, 3.8) is 0 Å². The second-order valence-electron chi connectivity index (χ2n) is 4.47. The Morgan fingerprint density at radius 1 is 1.25 bits per heavy atom. The number of fused-ring (bicyclic) bond motifs is 1. The summed E-state index contributed by atoms with van der Waals surface area (Å²) in [5, 5.41) is 4.56. The molecule has 2 heterocycles. The SMILES string of the molecule is CCNc1nc(-c2cc(Cl)ccc2Cl)nc2c1CSC2. The van der Waals surface area contributed by atoms with Gasteiger partial charge in [-0.3, -0.25) is 0 Å². The molecule has 104 valence electrons. The van der Waals surface area contributed by atoms with Crippen LogP contribution in [0, 0.1) is 0 Å². The third kappa shape index (κ3) is 2.60. The van der Waals surface area contributed by atoms with Crippen molar-refractivity contribution >= 4 is 40.8 Å². The number of hydrogen-bond acceptors (Lipinski definition) is 4. The molecular formula is C14H13Cl2N3S. The van der Waals surface area contributed by atoms with E-state index in [0.29, 0.717) is 15.9 Å². The highest BCUT2D eigenvalue weighted by Crippen LogP contribution is 2.36. The van der Waals surface area contributed by atoms with Gasteiger partial charge >= 0.3 is 0 Å². The molecule has 0 saturated heterocycles. The van der Waals surface area contributed by atoms with Crippen molar-refractivity contribution in [2.45, 2.75) is 18.4 Å². The van der Waals surface area contributed by atoms with Gasteiger partial charge in [-0.15, -0.1) is 0 Å². The van der Waals surface area contributed by atoms with Gasteiger partial charge in [0.2, 0.25) is 0 Å². The van der Waals surface area contributed by atoms with Crippen LogP contribution in [0.5, 0.6) is 0 Å². The lowest BCUT2D eigenvalue weighted by Crippen LogP contribution is -2.06. The third-order valence-electron chi connectivity index (χ3n) is 3.09. The number of halogens is 2. The maximum Gasteiger partial charge on any atom is 0.163 e. The minimum Gasteiger partial charge on any atom is -0.370 e. The molecule has 0 bridgehead atoms. The van der Waals surface area contributed by atoms with Crippen LogP contribution >= 0.6 is 35.0 Å². The average Bonchev–Trinajstić information content (AvgIpc) is 2.90. The average molecular weight is 326 g/mol. The predicted molar refractivity (Wildman–Crippen MR) is 86.7 cm³/mol. The molecule has 1 aliphatic heterocycles. The van der Waals surface area contributed by atoms with E-state index in [9.17, 15) is 0 Å². The molecule has 0 unspecified atom stereocenters. The van der Waals surface area contributed by atoms with Crippen molar-refractivity contribution in [2.75, 3.05) is 11.9 Å². The summed E-state index contributed by atoms with van der Waals surface area (Å²) in [6.07, 6.45) is 0. The molecule has 20 heavy (non-hydrogen) atoms. The van der Waals surface area contributed by atoms with Crippen molar-refractivity contribution in [3.05, 3.63) is 39.5 Å². The summed E-state index contributed by atoms with van der Waals surface area (Å²) >= 11 is 14.2. The molecule has 1 aromatic carbocycles. The molecule has 0 saturated carbocycles. The van der Waals surface area contributed by atoms with E-state index in [1.807, 2.05) is 17.8 Å². The maximum absolute atomic E-state index is 6.25. The summed E-state index contributed by atoms with van der Waals surface area (Å²) < 4.78 is 0. The Labute approximate surface area is 132 Å². The maximum atomic E-state index is 6.25. The molecule has 0 fully saturated rings. The molecule has 0 amide bonds. The van der Waals surface area contributed by atoms with E-state index in [1.165, 1.54) is 5.56 Å². The van der Waals surface area contributed by atoms with Gasteiger partial charge in [-0.2, -0.15) is 11.8 Å². The van der Waals surface area contributed by atoms with Crippen LogP contribution < -0.4 is 5.32 Å². The summed E-state index contributed by atoms with van der Waals surface area (Å²) in [4.78, 5) is 9.28. The lowest BCUT2D eigenvalue weighted by Gasteiger charge is -2.11. The zero-order valence-corrected chi connectivity index (χ0v) is 13.2. The quantitative estimate of drug-likeness (QED) is 0.892. The molecule has 3 rings (SSSR count). The van der Waals surface area contributed by atoms with E-state index in [4.69, 9.17) is 23.2 Å². The summed E-state index contributed by atoms with van der Waals surface area (Å²) in [5.41, 5.74) is 3.07. The van der Waals surface area contributed by atoms with Gasteiger partial charge in [0.25, 0.3) is 0 Å². The van der Waals surface area contributed by atoms with E-state index in [1.54, 1.807) is 12.1 Å². The van der Waals surface area contributed by atoms with Gasteiger partial charge < -0.3 is 5.32 Å². The monoisotopic (exact) mass is 325 g/mol. The Bertz CT molecular complexity index is 661. The van der Waals surface area contributed by atoms with Crippen LogP contribution in [-0.2, 0) is 11.5 Å². The van der Waals surface area contributed by atoms with Gasteiger partial charge in [-0.25, -0.2) is 9.97 Å². The van der Waals surface area contributed by atoms with Gasteiger partial charge in [-0.05, 0) is 25.1 Å². The Kier molecular flexibility index (Phi) is 4.06. The molecule has 0 aliphatic carbocycles. The molecule has 1 aliphatic rings. The van der Waals surface area contributed by atoms with E-state index in [0.717, 1.165) is 35.1 Å². The molecule has 6 heteroatoms. The number of hydrogen-bond donors (Lipinski definition) is 1. The van der Waals surface area contributed by atoms with Crippen molar-refractivity contribution < 1.29 is 0 Å². The van der Waals surface area contributed by atoms with Crippen LogP contribution in [0.25, 0.3) is 11.4 Å². The van der Waals surface area contributed by atoms with Crippen molar-refractivity contribution in [1.82, 2.24) is 9.97 Å². The minimum atomic E-state index is 0.613. The zero-order valence-electron chi connectivity index (χ0n) is 10.9. The lowest BCUT2D eigenvalue weighted by atomic mass is 10.2. The first-order chi connectivity index (χ1) is 9.69. The number of anilines is 1. The first kappa shape index (κ1) is 14.0. The number of thioether (sulfide) groups is 1. The zero-order chi connectivity index (χ0) is 14.1. The van der Waals surface area contributed by atoms with Crippen molar-refractivity contribution in [1.29, 1.82) is 0 Å². The van der Waals surface area contributed by atoms with E-state index < -0.39 is 0 Å². The molecule has 0 atom stereocenters. The van der Waals surface area contributed by atoms with E-state index >= 15 is 0 Å². The Morgan fingerprint density at radius 2 is 2.10 bits per heavy atom. The fourth-order valence-corrected chi connectivity index (χ4v) is 3.57. The molecule has 2 aromatic rings. The standard InChI is InChI=1S/C14H13Cl2N3S/c1-2-17-13-10-6-20-7-12(10)18-14(19-13)9-5-8(15)3-4-11(9)16/h3-5H,2,6-7H2,1H3,(H,17,18,19). The van der Waals surface area contributed by atoms with Crippen molar-refractivity contribution in [3.8, 4) is 11.4 Å². The summed E-state index contributed by atoms with van der Waals surface area (Å²) in [7, 11) is 0. The van der Waals surface area contributed by atoms with Gasteiger partial charge in [0.05, 0.1) is 10.7 Å². The molecule has 0 spiro atoms. The smallest absolute Gasteiger partial charge is 0.163 e. The topological polar surface area (TPSA) is 37.8 Å². The number of aromatic nitrogens is 2. The van der Waals surface area contributed by atoms with Gasteiger partial charge in [0, 0.05) is 34.2 Å². The van der Waals surface area contributed by atoms with Gasteiger partial charge in [0.1, 0.15) is 5.82 Å². The minimum absolute atomic E-state index is 0.613. The molecular weight excluding hydrogens is 313 g/mol. The fourth-order valence-electron chi connectivity index (χ4n) is 2.15. The highest BCUT2D eigenvalue weighted by atomic mass is 35.5. The molecule has 1 aromatic heterocycles. The molecule has 3 nitrogen and oxygen atoms in total. The summed E-state index contributed by atoms with van der Waals surface area (Å²) in [6, 6.07) is 5.35. The lowest BCUT2D eigenvalue weighted by molar-refractivity contribution is 1.05. The summed E-state index contributed by atoms with van der Waals surface area (Å²) in [6.45, 7) is 2.89. The first-order valence-corrected chi connectivity index (χ1v) is 8.27. The number of benzene rings is 1. The number of nitrogens with zero attached hydrogens (tertiary/aromatic N) is 2. The molecule has 1 N–H and O–H groups in total. The molecule has 0 radical (unpaired) electrons. The predicted octanol–water partition coefficient (Wildman–Crippen LogP) is 4.63. The number of nitrogens with one attached hydrogen (secondary N) is 1. The highest BCUT2D eigenvalue weighted by molar-refractivity contribution is 7.98. The Balaban J connectivity index is 2.14. The fraction of sp³-hybridized carbons (Fsp3) is 0.286. The van der Waals surface area contributed by atoms with Crippen molar-refractivity contribution in [2.24, 2.45) is 0 Å². The van der Waals surface area contributed by atoms with Gasteiger partial charge in [0.15, 0.2) is 5.82 Å². The van der Waals surface area contributed by atoms with Crippen LogP contribution in [0.4, 0.5) is 5.82 Å². The van der Waals surface area contributed by atoms with Crippen LogP contribution in [0.15, 0.2) is 18.2 Å².